The van der Waals surface area contributed by atoms with Crippen molar-refractivity contribution in [1.82, 2.24) is 9.78 Å². The molecule has 0 atom stereocenters. The van der Waals surface area contributed by atoms with Crippen LogP contribution in [-0.4, -0.2) is 20.9 Å². The van der Waals surface area contributed by atoms with E-state index in [2.05, 4.69) is 5.10 Å². The first-order valence-electron chi connectivity index (χ1n) is 9.68. The molecule has 1 aromatic heterocycles. The largest absolute Gasteiger partial charge is 0.477 e. The van der Waals surface area contributed by atoms with Gasteiger partial charge in [-0.05, 0) is 17.5 Å². The fourth-order valence-corrected chi connectivity index (χ4v) is 3.48. The van der Waals surface area contributed by atoms with Crippen LogP contribution in [0.5, 0.6) is 0 Å². The zero-order valence-electron chi connectivity index (χ0n) is 16.2. The Bertz CT molecular complexity index is 1220. The van der Waals surface area contributed by atoms with Crippen LogP contribution in [0.1, 0.15) is 15.9 Å². The van der Waals surface area contributed by atoms with Crippen LogP contribution >= 0.6 is 0 Å². The summed E-state index contributed by atoms with van der Waals surface area (Å²) in [6, 6.07) is 28.2. The highest BCUT2D eigenvalue weighted by Crippen LogP contribution is 2.32. The van der Waals surface area contributed by atoms with Gasteiger partial charge in [-0.15, -0.1) is 0 Å². The van der Waals surface area contributed by atoms with Gasteiger partial charge >= 0.3 is 5.97 Å². The van der Waals surface area contributed by atoms with E-state index in [-0.39, 0.29) is 12.1 Å². The summed E-state index contributed by atoms with van der Waals surface area (Å²) in [6.45, 7) is 0.290. The summed E-state index contributed by atoms with van der Waals surface area (Å²) in [7, 11) is 0. The molecule has 1 N–H and O–H groups in total. The molecule has 0 bridgehead atoms. The van der Waals surface area contributed by atoms with E-state index in [4.69, 9.17) is 0 Å². The quantitative estimate of drug-likeness (QED) is 0.520. The van der Waals surface area contributed by atoms with Crippen molar-refractivity contribution in [2.75, 3.05) is 0 Å². The van der Waals surface area contributed by atoms with Gasteiger partial charge in [0.1, 0.15) is 5.56 Å². The molecule has 1 heterocycles. The maximum absolute atomic E-state index is 13.1. The Morgan fingerprint density at radius 1 is 0.800 bits per heavy atom. The molecule has 0 radical (unpaired) electrons. The zero-order valence-corrected chi connectivity index (χ0v) is 16.2. The Labute approximate surface area is 173 Å². The molecule has 148 valence electrons. The van der Waals surface area contributed by atoms with Gasteiger partial charge in [0.2, 0.25) is 0 Å². The molecule has 4 aromatic rings. The molecule has 5 nitrogen and oxygen atoms in total. The molecule has 5 heteroatoms. The highest BCUT2D eigenvalue weighted by atomic mass is 16.4. The molecule has 0 aliphatic heterocycles. The van der Waals surface area contributed by atoms with Crippen LogP contribution in [-0.2, 0) is 13.0 Å². The topological polar surface area (TPSA) is 72.2 Å². The summed E-state index contributed by atoms with van der Waals surface area (Å²) in [5.74, 6) is -1.26. The fraction of sp³-hybridized carbons (Fsp3) is 0.0800. The van der Waals surface area contributed by atoms with Crippen molar-refractivity contribution in [3.05, 3.63) is 112 Å². The summed E-state index contributed by atoms with van der Waals surface area (Å²) in [5.41, 5.74) is 2.42. The maximum Gasteiger partial charge on any atom is 0.342 e. The molecule has 0 saturated heterocycles. The Morgan fingerprint density at radius 3 is 1.90 bits per heavy atom. The fourth-order valence-electron chi connectivity index (χ4n) is 3.48. The van der Waals surface area contributed by atoms with Gasteiger partial charge in [-0.25, -0.2) is 9.48 Å². The second-order valence-corrected chi connectivity index (χ2v) is 6.90. The smallest absolute Gasteiger partial charge is 0.342 e. The molecular formula is C25H20N2O3. The lowest BCUT2D eigenvalue weighted by molar-refractivity contribution is 0.0694. The average Bonchev–Trinajstić information content (AvgIpc) is 2.79. The molecule has 4 rings (SSSR count). The highest BCUT2D eigenvalue weighted by molar-refractivity contribution is 5.99. The molecule has 0 amide bonds. The number of aromatic carboxylic acids is 1. The van der Waals surface area contributed by atoms with Crippen molar-refractivity contribution in [3.63, 3.8) is 0 Å². The van der Waals surface area contributed by atoms with Crippen LogP contribution < -0.4 is 5.56 Å². The summed E-state index contributed by atoms with van der Waals surface area (Å²) in [5, 5.41) is 14.6. The molecule has 0 unspecified atom stereocenters. The number of benzene rings is 3. The van der Waals surface area contributed by atoms with E-state index >= 15 is 0 Å². The van der Waals surface area contributed by atoms with Crippen LogP contribution in [0.25, 0.3) is 22.4 Å². The summed E-state index contributed by atoms with van der Waals surface area (Å²) >= 11 is 0. The molecule has 0 fully saturated rings. The van der Waals surface area contributed by atoms with Crippen LogP contribution in [0.3, 0.4) is 0 Å². The number of aryl methyl sites for hydroxylation is 2. The third-order valence-electron chi connectivity index (χ3n) is 4.93. The molecule has 0 saturated carbocycles. The van der Waals surface area contributed by atoms with Gasteiger partial charge in [-0.3, -0.25) is 4.79 Å². The zero-order chi connectivity index (χ0) is 20.9. The van der Waals surface area contributed by atoms with Crippen LogP contribution in [0.15, 0.2) is 95.8 Å². The minimum absolute atomic E-state index is 0.261. The molecule has 30 heavy (non-hydrogen) atoms. The van der Waals surface area contributed by atoms with Crippen LogP contribution in [0, 0.1) is 0 Å². The predicted octanol–water partition coefficient (Wildman–Crippen LogP) is 4.52. The van der Waals surface area contributed by atoms with Crippen molar-refractivity contribution in [2.45, 2.75) is 13.0 Å². The van der Waals surface area contributed by atoms with Crippen LogP contribution in [0.4, 0.5) is 0 Å². The number of hydrogen-bond donors (Lipinski definition) is 1. The normalized spacial score (nSPS) is 10.7. The number of hydrogen-bond acceptors (Lipinski definition) is 3. The average molecular weight is 396 g/mol. The number of nitrogens with zero attached hydrogens (tertiary/aromatic N) is 2. The molecule has 0 aliphatic rings. The molecular weight excluding hydrogens is 376 g/mol. The van der Waals surface area contributed by atoms with Crippen molar-refractivity contribution < 1.29 is 9.90 Å². The maximum atomic E-state index is 13.1. The third-order valence-corrected chi connectivity index (χ3v) is 4.93. The Balaban J connectivity index is 1.92. The summed E-state index contributed by atoms with van der Waals surface area (Å²) in [4.78, 5) is 25.3. The Morgan fingerprint density at radius 2 is 1.33 bits per heavy atom. The van der Waals surface area contributed by atoms with Crippen molar-refractivity contribution in [3.8, 4) is 22.4 Å². The van der Waals surface area contributed by atoms with Gasteiger partial charge in [0.15, 0.2) is 0 Å². The Kier molecular flexibility index (Phi) is 5.52. The molecule has 3 aromatic carbocycles. The van der Waals surface area contributed by atoms with Gasteiger partial charge in [-0.1, -0.05) is 91.0 Å². The minimum atomic E-state index is -1.26. The van der Waals surface area contributed by atoms with E-state index < -0.39 is 11.5 Å². The lowest BCUT2D eigenvalue weighted by Crippen LogP contribution is -2.31. The molecule has 0 spiro atoms. The van der Waals surface area contributed by atoms with E-state index in [1.165, 1.54) is 4.68 Å². The molecule has 0 aliphatic carbocycles. The van der Waals surface area contributed by atoms with E-state index in [0.29, 0.717) is 23.2 Å². The lowest BCUT2D eigenvalue weighted by Gasteiger charge is -2.15. The van der Waals surface area contributed by atoms with Gasteiger partial charge in [0, 0.05) is 17.7 Å². The number of carbonyl (C=O) groups is 1. The number of aromatic nitrogens is 2. The van der Waals surface area contributed by atoms with Gasteiger partial charge < -0.3 is 5.11 Å². The van der Waals surface area contributed by atoms with Crippen molar-refractivity contribution in [2.24, 2.45) is 0 Å². The van der Waals surface area contributed by atoms with Crippen LogP contribution in [0.2, 0.25) is 0 Å². The summed E-state index contributed by atoms with van der Waals surface area (Å²) < 4.78 is 1.27. The number of rotatable bonds is 6. The monoisotopic (exact) mass is 396 g/mol. The first-order chi connectivity index (χ1) is 14.6. The first kappa shape index (κ1) is 19.3. The van der Waals surface area contributed by atoms with E-state index in [1.54, 1.807) is 12.1 Å². The highest BCUT2D eigenvalue weighted by Gasteiger charge is 2.24. The van der Waals surface area contributed by atoms with Crippen molar-refractivity contribution in [1.29, 1.82) is 0 Å². The van der Waals surface area contributed by atoms with E-state index in [1.807, 2.05) is 78.9 Å². The second-order valence-electron chi connectivity index (χ2n) is 6.90. The van der Waals surface area contributed by atoms with Gasteiger partial charge in [0.05, 0.1) is 5.69 Å². The predicted molar refractivity (Wildman–Crippen MR) is 116 cm³/mol. The standard InChI is InChI=1S/C25H20N2O3/c28-24-22(25(29)30)21(19-12-6-2-7-13-19)23(20-14-8-3-9-15-20)26-27(24)17-16-18-10-4-1-5-11-18/h1-15H,16-17H2,(H,29,30). The van der Waals surface area contributed by atoms with Gasteiger partial charge in [-0.2, -0.15) is 5.10 Å². The third kappa shape index (κ3) is 3.91. The SMILES string of the molecule is O=C(O)c1c(-c2ccccc2)c(-c2ccccc2)nn(CCc2ccccc2)c1=O. The second kappa shape index (κ2) is 8.57. The summed E-state index contributed by atoms with van der Waals surface area (Å²) in [6.07, 6.45) is 0.575. The minimum Gasteiger partial charge on any atom is -0.477 e. The van der Waals surface area contributed by atoms with E-state index in [9.17, 15) is 14.7 Å². The number of carboxylic acids is 1. The van der Waals surface area contributed by atoms with Gasteiger partial charge in [0.25, 0.3) is 5.56 Å². The van der Waals surface area contributed by atoms with E-state index in [0.717, 1.165) is 11.1 Å². The Hall–Kier alpha value is -3.99. The van der Waals surface area contributed by atoms with Crippen molar-refractivity contribution >= 4 is 5.97 Å². The lowest BCUT2D eigenvalue weighted by atomic mass is 9.95. The first-order valence-corrected chi connectivity index (χ1v) is 9.68. The number of carboxylic acid groups (broad SMARTS) is 1.